The van der Waals surface area contributed by atoms with Gasteiger partial charge in [0.1, 0.15) is 0 Å². The Morgan fingerprint density at radius 2 is 1.58 bits per heavy atom. The van der Waals surface area contributed by atoms with E-state index in [1.165, 1.54) is 7.15 Å². The van der Waals surface area contributed by atoms with Crippen LogP contribution in [0.2, 0.25) is 0 Å². The standard InChI is InChI=1S/C21H20IO.CHF3O3S/c1-2-16-12-9-15-19(22-18-13-7-4-8-14-18)20(16)21(23)17-10-5-3-6-11-17;2-1(3,4)8(5,6)7/h3-14,16H,2,15H2,1H3;(H,5,6,7)/q+1;/p-1. The molecule has 31 heavy (non-hydrogen) atoms. The van der Waals surface area contributed by atoms with Crippen LogP contribution in [0.4, 0.5) is 13.2 Å². The highest BCUT2D eigenvalue weighted by atomic mass is 127. The Morgan fingerprint density at radius 3 is 2.06 bits per heavy atom. The van der Waals surface area contributed by atoms with Gasteiger partial charge in [-0.3, -0.25) is 4.79 Å². The van der Waals surface area contributed by atoms with Crippen molar-refractivity contribution in [1.82, 2.24) is 0 Å². The molecule has 0 aliphatic heterocycles. The topological polar surface area (TPSA) is 74.3 Å². The fourth-order valence-electron chi connectivity index (χ4n) is 2.82. The van der Waals surface area contributed by atoms with Gasteiger partial charge in [-0.05, 0) is 18.6 Å². The van der Waals surface area contributed by atoms with Crippen LogP contribution < -0.4 is 21.2 Å². The number of carbonyl (C=O) groups excluding carboxylic acids is 1. The van der Waals surface area contributed by atoms with Crippen LogP contribution in [0.15, 0.2) is 82.0 Å². The molecule has 1 unspecified atom stereocenters. The zero-order valence-electron chi connectivity index (χ0n) is 16.5. The zero-order chi connectivity index (χ0) is 23.1. The fraction of sp³-hybridized carbons (Fsp3) is 0.227. The molecule has 0 saturated carbocycles. The molecule has 0 spiro atoms. The number of hydrogen-bond acceptors (Lipinski definition) is 4. The van der Waals surface area contributed by atoms with Gasteiger partial charge in [0.25, 0.3) is 0 Å². The first-order valence-corrected chi connectivity index (χ1v) is 12.8. The number of Topliss-reactive ketones (excluding diaryl/α,β-unsaturated/α-hetero) is 1. The molecule has 4 nitrogen and oxygen atoms in total. The maximum Gasteiger partial charge on any atom is 0.485 e. The first-order valence-electron chi connectivity index (χ1n) is 9.26. The molecule has 0 N–H and O–H groups in total. The van der Waals surface area contributed by atoms with Crippen LogP contribution in [0, 0.1) is 9.49 Å². The average Bonchev–Trinajstić information content (AvgIpc) is 2.73. The second-order valence-electron chi connectivity index (χ2n) is 6.45. The molecule has 1 aliphatic carbocycles. The van der Waals surface area contributed by atoms with Crippen molar-refractivity contribution in [3.63, 3.8) is 0 Å². The van der Waals surface area contributed by atoms with E-state index >= 15 is 0 Å². The number of rotatable bonds is 5. The Kier molecular flexibility index (Phi) is 9.01. The Bertz CT molecular complexity index is 1050. The van der Waals surface area contributed by atoms with Crippen LogP contribution in [0.1, 0.15) is 30.1 Å². The fourth-order valence-corrected chi connectivity index (χ4v) is 5.76. The van der Waals surface area contributed by atoms with E-state index in [-0.39, 0.29) is 32.9 Å². The van der Waals surface area contributed by atoms with Crippen molar-refractivity contribution >= 4 is 15.9 Å². The second kappa shape index (κ2) is 11.1. The molecule has 3 rings (SSSR count). The molecule has 166 valence electrons. The molecule has 1 atom stereocenters. The largest absolute Gasteiger partial charge is 0.741 e. The minimum absolute atomic E-state index is 0.215. The Balaban J connectivity index is 0.000000366. The highest BCUT2D eigenvalue weighted by molar-refractivity contribution is 7.86. The number of alkyl halides is 3. The van der Waals surface area contributed by atoms with Crippen LogP contribution in [0.25, 0.3) is 0 Å². The number of carbonyl (C=O) groups is 1. The number of benzene rings is 2. The summed E-state index contributed by atoms with van der Waals surface area (Å²) in [6.07, 6.45) is 6.36. The van der Waals surface area contributed by atoms with E-state index < -0.39 is 15.6 Å². The van der Waals surface area contributed by atoms with Crippen molar-refractivity contribution in [2.75, 3.05) is 0 Å². The van der Waals surface area contributed by atoms with Gasteiger partial charge in [-0.25, -0.2) is 8.42 Å². The van der Waals surface area contributed by atoms with Crippen molar-refractivity contribution in [2.45, 2.75) is 25.3 Å². The Morgan fingerprint density at radius 1 is 1.06 bits per heavy atom. The van der Waals surface area contributed by atoms with Gasteiger partial charge in [0.2, 0.25) is 0 Å². The van der Waals surface area contributed by atoms with Crippen molar-refractivity contribution in [3.8, 4) is 0 Å². The summed E-state index contributed by atoms with van der Waals surface area (Å²) in [7, 11) is -6.09. The normalized spacial score (nSPS) is 16.5. The first-order chi connectivity index (χ1) is 14.5. The quantitative estimate of drug-likeness (QED) is 0.184. The average molecular weight is 564 g/mol. The van der Waals surface area contributed by atoms with E-state index in [9.17, 15) is 18.0 Å². The van der Waals surface area contributed by atoms with Crippen molar-refractivity contribution in [2.24, 2.45) is 5.92 Å². The monoisotopic (exact) mass is 564 g/mol. The minimum Gasteiger partial charge on any atom is -0.741 e. The summed E-state index contributed by atoms with van der Waals surface area (Å²) in [5.41, 5.74) is -3.78. The first kappa shape index (κ1) is 25.3. The summed E-state index contributed by atoms with van der Waals surface area (Å²) in [6.45, 7) is 2.16. The highest BCUT2D eigenvalue weighted by Crippen LogP contribution is 2.27. The van der Waals surface area contributed by atoms with E-state index in [0.29, 0.717) is 0 Å². The van der Waals surface area contributed by atoms with Gasteiger partial charge in [-0.15, -0.1) is 0 Å². The van der Waals surface area contributed by atoms with Gasteiger partial charge in [-0.1, -0.05) is 67.6 Å². The summed E-state index contributed by atoms with van der Waals surface area (Å²) in [5.74, 6) is 0.474. The summed E-state index contributed by atoms with van der Waals surface area (Å²) in [5, 5.41) is 0. The lowest BCUT2D eigenvalue weighted by molar-refractivity contribution is -0.579. The zero-order valence-corrected chi connectivity index (χ0v) is 19.4. The molecule has 1 aliphatic rings. The molecular weight excluding hydrogens is 544 g/mol. The Hall–Kier alpha value is -1.98. The number of allylic oxidation sites excluding steroid dienone is 4. The van der Waals surface area contributed by atoms with Crippen molar-refractivity contribution in [3.05, 3.63) is 91.1 Å². The van der Waals surface area contributed by atoms with E-state index in [2.05, 4.69) is 43.3 Å². The highest BCUT2D eigenvalue weighted by Gasteiger charge is 2.37. The summed E-state index contributed by atoms with van der Waals surface area (Å²) < 4.78 is 61.7. The maximum atomic E-state index is 13.1. The molecule has 0 bridgehead atoms. The van der Waals surface area contributed by atoms with Crippen LogP contribution in [0.5, 0.6) is 0 Å². The Labute approximate surface area is 189 Å². The van der Waals surface area contributed by atoms with Gasteiger partial charge < -0.3 is 4.55 Å². The summed E-state index contributed by atoms with van der Waals surface area (Å²) >= 11 is -0.286. The molecular formula is C22H20F3IO4S. The predicted octanol–water partition coefficient (Wildman–Crippen LogP) is 2.12. The van der Waals surface area contributed by atoms with E-state index in [1.807, 2.05) is 36.4 Å². The lowest BCUT2D eigenvalue weighted by atomic mass is 9.86. The van der Waals surface area contributed by atoms with Gasteiger partial charge in [-0.2, -0.15) is 13.2 Å². The molecule has 0 aromatic heterocycles. The molecule has 0 radical (unpaired) electrons. The van der Waals surface area contributed by atoms with E-state index in [4.69, 9.17) is 13.0 Å². The smallest absolute Gasteiger partial charge is 0.485 e. The molecule has 2 aromatic carbocycles. The summed E-state index contributed by atoms with van der Waals surface area (Å²) in [6, 6.07) is 20.3. The predicted molar refractivity (Wildman–Crippen MR) is 106 cm³/mol. The van der Waals surface area contributed by atoms with E-state index in [0.717, 1.165) is 24.0 Å². The number of halogens is 4. The van der Waals surface area contributed by atoms with Crippen molar-refractivity contribution in [1.29, 1.82) is 0 Å². The molecule has 0 saturated heterocycles. The van der Waals surface area contributed by atoms with Crippen LogP contribution in [-0.2, 0) is 10.1 Å². The van der Waals surface area contributed by atoms with Crippen LogP contribution >= 0.6 is 0 Å². The van der Waals surface area contributed by atoms with Gasteiger partial charge >= 0.3 is 26.7 Å². The lowest BCUT2D eigenvalue weighted by Crippen LogP contribution is -3.61. The van der Waals surface area contributed by atoms with Crippen LogP contribution in [0.3, 0.4) is 0 Å². The lowest BCUT2D eigenvalue weighted by Gasteiger charge is -2.18. The maximum absolute atomic E-state index is 13.1. The van der Waals surface area contributed by atoms with Gasteiger partial charge in [0, 0.05) is 17.9 Å². The third-order valence-electron chi connectivity index (χ3n) is 4.29. The third kappa shape index (κ3) is 7.29. The van der Waals surface area contributed by atoms with E-state index in [1.54, 1.807) is 0 Å². The molecule has 0 amide bonds. The minimum atomic E-state index is -6.09. The molecule has 0 fully saturated rings. The van der Waals surface area contributed by atoms with Crippen molar-refractivity contribution < 1.29 is 52.1 Å². The van der Waals surface area contributed by atoms with Crippen LogP contribution in [-0.4, -0.2) is 24.3 Å². The number of ketones is 1. The number of hydrogen-bond donors (Lipinski definition) is 0. The van der Waals surface area contributed by atoms with Gasteiger partial charge in [0.15, 0.2) is 23.1 Å². The third-order valence-corrected chi connectivity index (χ3v) is 7.87. The van der Waals surface area contributed by atoms with Gasteiger partial charge in [0.05, 0.1) is 5.57 Å². The molecule has 0 heterocycles. The molecule has 2 aromatic rings. The molecule has 9 heteroatoms. The summed E-state index contributed by atoms with van der Waals surface area (Å²) in [4.78, 5) is 13.1. The SMILES string of the molecule is CCC1C=CCC([I+]c2ccccc2)=C1C(=O)c1ccccc1.O=S(=O)([O-])C(F)(F)F. The second-order valence-corrected chi connectivity index (χ2v) is 10.9.